The lowest BCUT2D eigenvalue weighted by molar-refractivity contribution is -0.141. The zero-order valence-electron chi connectivity index (χ0n) is 12.1. The largest absolute Gasteiger partial charge is 0.486 e. The quantitative estimate of drug-likeness (QED) is 0.912. The summed E-state index contributed by atoms with van der Waals surface area (Å²) in [5, 5.41) is 6.04. The van der Waals surface area contributed by atoms with E-state index in [1.54, 1.807) is 0 Å². The Morgan fingerprint density at radius 3 is 2.58 bits per heavy atom. The Bertz CT molecular complexity index is 776. The number of hydrogen-bond donors (Lipinski definition) is 1. The molecule has 1 N–H and O–H groups in total. The Hall–Kier alpha value is -2.42. The third kappa shape index (κ3) is 3.56. The number of amides is 1. The van der Waals surface area contributed by atoms with Crippen LogP contribution in [0.15, 0.2) is 24.4 Å². The van der Waals surface area contributed by atoms with Crippen molar-refractivity contribution in [3.8, 4) is 11.5 Å². The zero-order chi connectivity index (χ0) is 17.3. The first-order chi connectivity index (χ1) is 11.3. The van der Waals surface area contributed by atoms with Crippen LogP contribution in [0.25, 0.3) is 0 Å². The van der Waals surface area contributed by atoms with E-state index in [-0.39, 0.29) is 17.3 Å². The van der Waals surface area contributed by atoms with Crippen LogP contribution < -0.4 is 14.8 Å². The van der Waals surface area contributed by atoms with E-state index < -0.39 is 17.8 Å². The molecule has 2 heterocycles. The highest BCUT2D eigenvalue weighted by Crippen LogP contribution is 2.38. The van der Waals surface area contributed by atoms with Crippen LogP contribution in [0.4, 0.5) is 18.9 Å². The molecule has 0 spiro atoms. The maximum atomic E-state index is 12.5. The molecule has 1 aliphatic rings. The number of ether oxygens (including phenoxy) is 2. The smallest absolute Gasteiger partial charge is 0.435 e. The average Bonchev–Trinajstić information content (AvgIpc) is 2.96. The first kappa shape index (κ1) is 16.4. The number of aromatic nitrogens is 2. The maximum Gasteiger partial charge on any atom is 0.435 e. The van der Waals surface area contributed by atoms with Crippen LogP contribution in [0.3, 0.4) is 0 Å². The fraction of sp³-hybridized carbons (Fsp3) is 0.286. The van der Waals surface area contributed by atoms with Gasteiger partial charge in [0.15, 0.2) is 17.2 Å². The van der Waals surface area contributed by atoms with Crippen LogP contribution in [0.1, 0.15) is 5.69 Å². The van der Waals surface area contributed by atoms with E-state index >= 15 is 0 Å². The number of rotatable bonds is 3. The van der Waals surface area contributed by atoms with Gasteiger partial charge in [0.1, 0.15) is 19.8 Å². The molecule has 0 bridgehead atoms. The summed E-state index contributed by atoms with van der Waals surface area (Å²) in [7, 11) is 0. The summed E-state index contributed by atoms with van der Waals surface area (Å²) < 4.78 is 49.1. The number of carbonyl (C=O) groups excluding carboxylic acids is 1. The fourth-order valence-electron chi connectivity index (χ4n) is 2.10. The molecule has 10 heteroatoms. The molecule has 0 saturated heterocycles. The second kappa shape index (κ2) is 6.23. The van der Waals surface area contributed by atoms with Gasteiger partial charge in [0, 0.05) is 18.3 Å². The Morgan fingerprint density at radius 2 is 1.96 bits per heavy atom. The third-order valence-corrected chi connectivity index (χ3v) is 3.46. The molecule has 128 valence electrons. The third-order valence-electron chi connectivity index (χ3n) is 3.14. The molecule has 0 radical (unpaired) electrons. The SMILES string of the molecule is O=C(Cn1ccc(C(F)(F)F)n1)Nc1cc2c(cc1Cl)OCCO2. The molecule has 6 nitrogen and oxygen atoms in total. The summed E-state index contributed by atoms with van der Waals surface area (Å²) in [5.74, 6) is 0.316. The molecule has 2 aromatic rings. The van der Waals surface area contributed by atoms with Gasteiger partial charge in [-0.15, -0.1) is 0 Å². The fourth-order valence-corrected chi connectivity index (χ4v) is 2.30. The first-order valence-corrected chi connectivity index (χ1v) is 7.20. The van der Waals surface area contributed by atoms with Gasteiger partial charge in [-0.3, -0.25) is 9.48 Å². The van der Waals surface area contributed by atoms with Gasteiger partial charge in [0.05, 0.1) is 10.7 Å². The Morgan fingerprint density at radius 1 is 1.29 bits per heavy atom. The van der Waals surface area contributed by atoms with Crippen LogP contribution in [0.2, 0.25) is 5.02 Å². The minimum atomic E-state index is -4.55. The van der Waals surface area contributed by atoms with Gasteiger partial charge in [-0.25, -0.2) is 0 Å². The van der Waals surface area contributed by atoms with Crippen molar-refractivity contribution in [3.05, 3.63) is 35.1 Å². The number of anilines is 1. The summed E-state index contributed by atoms with van der Waals surface area (Å²) >= 11 is 6.05. The minimum absolute atomic E-state index is 0.226. The van der Waals surface area contributed by atoms with Crippen molar-refractivity contribution in [2.75, 3.05) is 18.5 Å². The topological polar surface area (TPSA) is 65.4 Å². The van der Waals surface area contributed by atoms with Gasteiger partial charge in [-0.05, 0) is 6.07 Å². The van der Waals surface area contributed by atoms with E-state index in [4.69, 9.17) is 21.1 Å². The van der Waals surface area contributed by atoms with Crippen LogP contribution in [0.5, 0.6) is 11.5 Å². The van der Waals surface area contributed by atoms with Crippen molar-refractivity contribution < 1.29 is 27.4 Å². The molecule has 1 aliphatic heterocycles. The van der Waals surface area contributed by atoms with E-state index in [0.29, 0.717) is 24.7 Å². The standard InChI is InChI=1S/C14H11ClF3N3O3/c15-8-5-10-11(24-4-3-23-10)6-9(8)19-13(22)7-21-2-1-12(20-21)14(16,17)18/h1-2,5-6H,3-4,7H2,(H,19,22). The van der Waals surface area contributed by atoms with Crippen molar-refractivity contribution >= 4 is 23.2 Å². The summed E-state index contributed by atoms with van der Waals surface area (Å²) in [6.07, 6.45) is -3.48. The lowest BCUT2D eigenvalue weighted by atomic mass is 10.2. The highest BCUT2D eigenvalue weighted by Gasteiger charge is 2.33. The molecule has 0 aliphatic carbocycles. The van der Waals surface area contributed by atoms with Crippen molar-refractivity contribution in [3.63, 3.8) is 0 Å². The van der Waals surface area contributed by atoms with Crippen LogP contribution in [-0.4, -0.2) is 28.9 Å². The number of fused-ring (bicyclic) bond motifs is 1. The monoisotopic (exact) mass is 361 g/mol. The van der Waals surface area contributed by atoms with E-state index in [2.05, 4.69) is 10.4 Å². The number of nitrogens with one attached hydrogen (secondary N) is 1. The number of halogens is 4. The second-order valence-corrected chi connectivity index (χ2v) is 5.33. The number of hydrogen-bond acceptors (Lipinski definition) is 4. The summed E-state index contributed by atoms with van der Waals surface area (Å²) in [6.45, 7) is 0.381. The average molecular weight is 362 g/mol. The molecule has 3 rings (SSSR count). The number of nitrogens with zero attached hydrogens (tertiary/aromatic N) is 2. The highest BCUT2D eigenvalue weighted by atomic mass is 35.5. The maximum absolute atomic E-state index is 12.5. The molecular formula is C14H11ClF3N3O3. The molecule has 1 aromatic heterocycles. The lowest BCUT2D eigenvalue weighted by Crippen LogP contribution is -2.20. The van der Waals surface area contributed by atoms with E-state index in [0.717, 1.165) is 16.9 Å². The molecule has 24 heavy (non-hydrogen) atoms. The Balaban J connectivity index is 1.70. The number of alkyl halides is 3. The molecular weight excluding hydrogens is 351 g/mol. The van der Waals surface area contributed by atoms with Gasteiger partial charge in [-0.2, -0.15) is 18.3 Å². The lowest BCUT2D eigenvalue weighted by Gasteiger charge is -2.20. The first-order valence-electron chi connectivity index (χ1n) is 6.82. The van der Waals surface area contributed by atoms with Gasteiger partial charge in [-0.1, -0.05) is 11.6 Å². The summed E-state index contributed by atoms with van der Waals surface area (Å²) in [4.78, 5) is 12.0. The normalized spacial score (nSPS) is 13.7. The molecule has 1 amide bonds. The van der Waals surface area contributed by atoms with Gasteiger partial charge < -0.3 is 14.8 Å². The van der Waals surface area contributed by atoms with Crippen molar-refractivity contribution in [1.29, 1.82) is 0 Å². The number of benzene rings is 1. The molecule has 0 fully saturated rings. The van der Waals surface area contributed by atoms with Gasteiger partial charge in [0.2, 0.25) is 5.91 Å². The van der Waals surface area contributed by atoms with Crippen LogP contribution in [-0.2, 0) is 17.5 Å². The summed E-state index contributed by atoms with van der Waals surface area (Å²) in [6, 6.07) is 3.80. The minimum Gasteiger partial charge on any atom is -0.486 e. The van der Waals surface area contributed by atoms with Gasteiger partial charge >= 0.3 is 6.18 Å². The van der Waals surface area contributed by atoms with Crippen LogP contribution >= 0.6 is 11.6 Å². The predicted octanol–water partition coefficient (Wildman–Crippen LogP) is 2.97. The zero-order valence-corrected chi connectivity index (χ0v) is 12.8. The Kier molecular flexibility index (Phi) is 4.27. The predicted molar refractivity (Wildman–Crippen MR) is 78.3 cm³/mol. The van der Waals surface area contributed by atoms with Crippen LogP contribution in [0, 0.1) is 0 Å². The van der Waals surface area contributed by atoms with Crippen molar-refractivity contribution in [2.45, 2.75) is 12.7 Å². The molecule has 0 unspecified atom stereocenters. The second-order valence-electron chi connectivity index (χ2n) is 4.92. The van der Waals surface area contributed by atoms with Crippen molar-refractivity contribution in [1.82, 2.24) is 9.78 Å². The van der Waals surface area contributed by atoms with E-state index in [1.807, 2.05) is 0 Å². The molecule has 1 aromatic carbocycles. The molecule has 0 atom stereocenters. The van der Waals surface area contributed by atoms with E-state index in [9.17, 15) is 18.0 Å². The molecule has 0 saturated carbocycles. The number of carbonyl (C=O) groups is 1. The van der Waals surface area contributed by atoms with Crippen molar-refractivity contribution in [2.24, 2.45) is 0 Å². The van der Waals surface area contributed by atoms with E-state index in [1.165, 1.54) is 12.1 Å². The Labute approximate surface area is 139 Å². The van der Waals surface area contributed by atoms with Gasteiger partial charge in [0.25, 0.3) is 0 Å². The highest BCUT2D eigenvalue weighted by molar-refractivity contribution is 6.34. The summed E-state index contributed by atoms with van der Waals surface area (Å²) in [5.41, 5.74) is -0.790.